The summed E-state index contributed by atoms with van der Waals surface area (Å²) in [6, 6.07) is 0.435. The fourth-order valence-electron chi connectivity index (χ4n) is 3.79. The molecule has 3 rings (SSSR count). The van der Waals surface area contributed by atoms with Gasteiger partial charge in [-0.25, -0.2) is 8.57 Å². The van der Waals surface area contributed by atoms with E-state index in [-0.39, 0.29) is 11.0 Å². The number of nitrogens with zero attached hydrogens (tertiary/aromatic N) is 1. The van der Waals surface area contributed by atoms with Crippen LogP contribution in [0.4, 0.5) is 0 Å². The van der Waals surface area contributed by atoms with E-state index >= 15 is 0 Å². The van der Waals surface area contributed by atoms with Gasteiger partial charge in [-0.15, -0.1) is 0 Å². The van der Waals surface area contributed by atoms with Gasteiger partial charge in [0.05, 0.1) is 11.6 Å². The topological polar surface area (TPSA) is 38.7 Å². The lowest BCUT2D eigenvalue weighted by atomic mass is 9.52. The maximum absolute atomic E-state index is 12.4. The molecule has 1 spiro atoms. The van der Waals surface area contributed by atoms with Crippen molar-refractivity contribution in [1.82, 2.24) is 0 Å². The molecule has 0 aromatic rings. The van der Waals surface area contributed by atoms with Crippen LogP contribution in [0.1, 0.15) is 46.5 Å². The van der Waals surface area contributed by atoms with Gasteiger partial charge in [-0.3, -0.25) is 0 Å². The van der Waals surface area contributed by atoms with Crippen LogP contribution < -0.4 is 0 Å². The fraction of sp³-hybridized carbons (Fsp3) is 1.00. The number of hydrogen-bond acceptors (Lipinski definition) is 3. The maximum Gasteiger partial charge on any atom is 0.0738 e. The van der Waals surface area contributed by atoms with Gasteiger partial charge in [0.15, 0.2) is 0 Å². The molecule has 0 aromatic carbocycles. The highest BCUT2D eigenvalue weighted by Gasteiger charge is 2.65. The maximum atomic E-state index is 12.4. The predicted octanol–water partition coefficient (Wildman–Crippen LogP) is 2.84. The van der Waals surface area contributed by atoms with Crippen LogP contribution in [0.2, 0.25) is 0 Å². The van der Waals surface area contributed by atoms with Gasteiger partial charge in [0.1, 0.15) is 0 Å². The van der Waals surface area contributed by atoms with E-state index in [9.17, 15) is 4.21 Å². The molecule has 0 bridgehead atoms. The van der Waals surface area contributed by atoms with Gasteiger partial charge >= 0.3 is 0 Å². The highest BCUT2D eigenvalue weighted by Crippen LogP contribution is 2.62. The molecule has 4 heteroatoms. The van der Waals surface area contributed by atoms with Gasteiger partial charge in [-0.2, -0.15) is 0 Å². The van der Waals surface area contributed by atoms with Crippen LogP contribution in [0.3, 0.4) is 0 Å². The van der Waals surface area contributed by atoms with Crippen molar-refractivity contribution >= 4 is 9.73 Å². The first-order valence-electron chi connectivity index (χ1n) is 6.98. The first-order valence-corrected chi connectivity index (χ1v) is 8.84. The zero-order valence-corrected chi connectivity index (χ0v) is 12.8. The van der Waals surface area contributed by atoms with Crippen LogP contribution >= 0.6 is 0 Å². The SMILES string of the molecule is COC1(C(C)(C)C)CC2(C1)CS(=O)(=NC1CC1)C2. The van der Waals surface area contributed by atoms with Crippen molar-refractivity contribution in [2.45, 2.75) is 58.1 Å². The van der Waals surface area contributed by atoms with E-state index in [1.807, 2.05) is 7.11 Å². The lowest BCUT2D eigenvalue weighted by Crippen LogP contribution is -2.68. The van der Waals surface area contributed by atoms with Crippen LogP contribution in [0, 0.1) is 10.8 Å². The second-order valence-electron chi connectivity index (χ2n) is 7.70. The Morgan fingerprint density at radius 1 is 1.22 bits per heavy atom. The standard InChI is InChI=1S/C14H25NO2S/c1-12(2,3)14(17-4)7-13(8-14)9-18(16,10-13)15-11-5-6-11/h11H,5-10H2,1-4H3. The highest BCUT2D eigenvalue weighted by molar-refractivity contribution is 7.95. The summed E-state index contributed by atoms with van der Waals surface area (Å²) < 4.78 is 22.8. The molecule has 2 aliphatic carbocycles. The molecule has 0 radical (unpaired) electrons. The van der Waals surface area contributed by atoms with Crippen LogP contribution in [0.25, 0.3) is 0 Å². The largest absolute Gasteiger partial charge is 0.378 e. The van der Waals surface area contributed by atoms with Gasteiger partial charge in [-0.05, 0) is 31.1 Å². The smallest absolute Gasteiger partial charge is 0.0738 e. The Bertz CT molecular complexity index is 459. The molecule has 1 saturated heterocycles. The number of rotatable bonds is 2. The molecular formula is C14H25NO2S. The van der Waals surface area contributed by atoms with E-state index in [1.54, 1.807) is 0 Å². The second-order valence-corrected chi connectivity index (χ2v) is 10.0. The molecule has 2 saturated carbocycles. The minimum atomic E-state index is -1.83. The third-order valence-electron chi connectivity index (χ3n) is 5.03. The monoisotopic (exact) mass is 271 g/mol. The van der Waals surface area contributed by atoms with Crippen LogP contribution in [0.5, 0.6) is 0 Å². The quantitative estimate of drug-likeness (QED) is 0.774. The Kier molecular flexibility index (Phi) is 2.52. The Labute approximate surface area is 111 Å². The molecule has 3 aliphatic rings. The van der Waals surface area contributed by atoms with Crippen LogP contribution in [-0.4, -0.2) is 34.5 Å². The Balaban J connectivity index is 1.68. The predicted molar refractivity (Wildman–Crippen MR) is 74.2 cm³/mol. The summed E-state index contributed by atoms with van der Waals surface area (Å²) in [4.78, 5) is 0. The summed E-state index contributed by atoms with van der Waals surface area (Å²) in [7, 11) is -0.00655. The van der Waals surface area contributed by atoms with E-state index in [0.29, 0.717) is 11.5 Å². The summed E-state index contributed by atoms with van der Waals surface area (Å²) in [5.41, 5.74) is 0.448. The van der Waals surface area contributed by atoms with Crippen molar-refractivity contribution in [3.05, 3.63) is 0 Å². The van der Waals surface area contributed by atoms with E-state index < -0.39 is 9.73 Å². The molecule has 0 atom stereocenters. The van der Waals surface area contributed by atoms with Gasteiger partial charge in [-0.1, -0.05) is 20.8 Å². The third kappa shape index (κ3) is 1.83. The van der Waals surface area contributed by atoms with Gasteiger partial charge in [0.25, 0.3) is 0 Å². The minimum Gasteiger partial charge on any atom is -0.378 e. The van der Waals surface area contributed by atoms with Gasteiger partial charge < -0.3 is 4.74 Å². The fourth-order valence-corrected chi connectivity index (χ4v) is 6.93. The zero-order chi connectivity index (χ0) is 13.2. The highest BCUT2D eigenvalue weighted by atomic mass is 32.2. The summed E-state index contributed by atoms with van der Waals surface area (Å²) in [5.74, 6) is 1.66. The number of ether oxygens (including phenoxy) is 1. The molecule has 3 fully saturated rings. The van der Waals surface area contributed by atoms with E-state index in [0.717, 1.165) is 37.2 Å². The van der Waals surface area contributed by atoms with Crippen molar-refractivity contribution in [2.75, 3.05) is 18.6 Å². The average Bonchev–Trinajstić information content (AvgIpc) is 2.90. The minimum absolute atomic E-state index is 0.00660. The molecule has 0 amide bonds. The van der Waals surface area contributed by atoms with Crippen LogP contribution in [-0.2, 0) is 14.5 Å². The summed E-state index contributed by atoms with van der Waals surface area (Å²) >= 11 is 0. The first kappa shape index (κ1) is 12.9. The van der Waals surface area contributed by atoms with Crippen molar-refractivity contribution < 1.29 is 8.95 Å². The number of hydrogen-bond donors (Lipinski definition) is 0. The molecule has 0 unspecified atom stereocenters. The normalized spacial score (nSPS) is 47.6. The van der Waals surface area contributed by atoms with Crippen molar-refractivity contribution in [2.24, 2.45) is 15.2 Å². The summed E-state index contributed by atoms with van der Waals surface area (Å²) in [5, 5.41) is 0. The van der Waals surface area contributed by atoms with Gasteiger partial charge in [0, 0.05) is 33.8 Å². The molecule has 104 valence electrons. The molecule has 1 aliphatic heterocycles. The van der Waals surface area contributed by atoms with Crippen molar-refractivity contribution in [3.63, 3.8) is 0 Å². The van der Waals surface area contributed by atoms with Crippen molar-refractivity contribution in [3.8, 4) is 0 Å². The molecule has 3 nitrogen and oxygen atoms in total. The molecule has 18 heavy (non-hydrogen) atoms. The summed E-state index contributed by atoms with van der Waals surface area (Å²) in [6.45, 7) is 6.73. The van der Waals surface area contributed by atoms with E-state index in [1.165, 1.54) is 0 Å². The second kappa shape index (κ2) is 3.51. The third-order valence-corrected chi connectivity index (χ3v) is 7.84. The average molecular weight is 271 g/mol. The van der Waals surface area contributed by atoms with Crippen molar-refractivity contribution in [1.29, 1.82) is 0 Å². The van der Waals surface area contributed by atoms with E-state index in [4.69, 9.17) is 4.74 Å². The molecule has 0 N–H and O–H groups in total. The molecule has 1 heterocycles. The lowest BCUT2D eigenvalue weighted by molar-refractivity contribution is -0.199. The Morgan fingerprint density at radius 2 is 1.78 bits per heavy atom. The summed E-state index contributed by atoms with van der Waals surface area (Å²) in [6.07, 6.45) is 4.45. The first-order chi connectivity index (χ1) is 8.22. The molecular weight excluding hydrogens is 246 g/mol. The molecule has 0 aromatic heterocycles. The van der Waals surface area contributed by atoms with Gasteiger partial charge in [0.2, 0.25) is 0 Å². The zero-order valence-electron chi connectivity index (χ0n) is 12.0. The van der Waals surface area contributed by atoms with E-state index in [2.05, 4.69) is 25.1 Å². The van der Waals surface area contributed by atoms with Crippen LogP contribution in [0.15, 0.2) is 4.36 Å². The Morgan fingerprint density at radius 3 is 2.17 bits per heavy atom. The Hall–Kier alpha value is -0.0900. The number of methoxy groups -OCH3 is 1. The lowest BCUT2D eigenvalue weighted by Gasteiger charge is -2.64.